The SMILES string of the molecule is Cc1cc(Br)ccc1NC(=O)C1CC1C(=O)N1CCc2ccccc21. The van der Waals surface area contributed by atoms with Gasteiger partial charge in [-0.1, -0.05) is 34.1 Å². The molecule has 2 aromatic carbocycles. The van der Waals surface area contributed by atoms with Gasteiger partial charge >= 0.3 is 0 Å². The third kappa shape index (κ3) is 3.09. The molecule has 0 aromatic heterocycles. The van der Waals surface area contributed by atoms with Crippen molar-refractivity contribution in [3.05, 3.63) is 58.1 Å². The minimum atomic E-state index is -0.219. The maximum atomic E-state index is 12.8. The highest BCUT2D eigenvalue weighted by Gasteiger charge is 2.50. The monoisotopic (exact) mass is 398 g/mol. The summed E-state index contributed by atoms with van der Waals surface area (Å²) in [5.41, 5.74) is 4.02. The van der Waals surface area contributed by atoms with Crippen LogP contribution in [0.5, 0.6) is 0 Å². The molecular formula is C20H19BrN2O2. The van der Waals surface area contributed by atoms with Crippen LogP contribution < -0.4 is 10.2 Å². The van der Waals surface area contributed by atoms with Crippen LogP contribution in [-0.2, 0) is 16.0 Å². The number of anilines is 2. The molecule has 2 aliphatic rings. The summed E-state index contributed by atoms with van der Waals surface area (Å²) >= 11 is 3.42. The quantitative estimate of drug-likeness (QED) is 0.851. The molecule has 2 atom stereocenters. The third-order valence-electron chi connectivity index (χ3n) is 5.04. The lowest BCUT2D eigenvalue weighted by Gasteiger charge is -2.17. The Morgan fingerprint density at radius 1 is 1.16 bits per heavy atom. The van der Waals surface area contributed by atoms with Crippen molar-refractivity contribution in [3.8, 4) is 0 Å². The van der Waals surface area contributed by atoms with E-state index < -0.39 is 0 Å². The van der Waals surface area contributed by atoms with Crippen LogP contribution in [0, 0.1) is 18.8 Å². The zero-order valence-corrected chi connectivity index (χ0v) is 15.5. The van der Waals surface area contributed by atoms with Crippen molar-refractivity contribution in [1.29, 1.82) is 0 Å². The molecule has 0 saturated heterocycles. The second-order valence-corrected chi connectivity index (χ2v) is 7.68. The van der Waals surface area contributed by atoms with Crippen molar-refractivity contribution in [1.82, 2.24) is 0 Å². The summed E-state index contributed by atoms with van der Waals surface area (Å²) in [7, 11) is 0. The molecule has 2 amide bonds. The maximum Gasteiger partial charge on any atom is 0.230 e. The lowest BCUT2D eigenvalue weighted by molar-refractivity contribution is -0.123. The van der Waals surface area contributed by atoms with Gasteiger partial charge in [0.25, 0.3) is 0 Å². The molecular weight excluding hydrogens is 380 g/mol. The number of amides is 2. The molecule has 4 nitrogen and oxygen atoms in total. The molecule has 4 rings (SSSR count). The number of para-hydroxylation sites is 1. The number of nitrogens with zero attached hydrogens (tertiary/aromatic N) is 1. The van der Waals surface area contributed by atoms with Gasteiger partial charge < -0.3 is 10.2 Å². The van der Waals surface area contributed by atoms with E-state index in [4.69, 9.17) is 0 Å². The first-order chi connectivity index (χ1) is 12.0. The fraction of sp³-hybridized carbons (Fsp3) is 0.300. The predicted octanol–water partition coefficient (Wildman–Crippen LogP) is 3.92. The van der Waals surface area contributed by atoms with E-state index in [0.717, 1.165) is 34.4 Å². The highest BCUT2D eigenvalue weighted by molar-refractivity contribution is 9.10. The molecule has 1 fully saturated rings. The van der Waals surface area contributed by atoms with Crippen molar-refractivity contribution >= 4 is 39.1 Å². The zero-order chi connectivity index (χ0) is 17.6. The molecule has 25 heavy (non-hydrogen) atoms. The largest absolute Gasteiger partial charge is 0.326 e. The normalized spacial score (nSPS) is 21.0. The van der Waals surface area contributed by atoms with E-state index in [1.54, 1.807) is 0 Å². The van der Waals surface area contributed by atoms with Gasteiger partial charge in [0.2, 0.25) is 11.8 Å². The molecule has 0 spiro atoms. The summed E-state index contributed by atoms with van der Waals surface area (Å²) < 4.78 is 0.982. The molecule has 128 valence electrons. The number of carbonyl (C=O) groups excluding carboxylic acids is 2. The van der Waals surface area contributed by atoms with Crippen LogP contribution in [0.1, 0.15) is 17.5 Å². The summed E-state index contributed by atoms with van der Waals surface area (Å²) in [6, 6.07) is 13.8. The van der Waals surface area contributed by atoms with Crippen LogP contribution in [0.4, 0.5) is 11.4 Å². The number of hydrogen-bond donors (Lipinski definition) is 1. The Bertz CT molecular complexity index is 865. The van der Waals surface area contributed by atoms with Crippen molar-refractivity contribution in [2.24, 2.45) is 11.8 Å². The summed E-state index contributed by atoms with van der Waals surface area (Å²) in [5.74, 6) is -0.390. The molecule has 2 unspecified atom stereocenters. The van der Waals surface area contributed by atoms with Gasteiger partial charge in [0.05, 0.1) is 11.8 Å². The number of hydrogen-bond acceptors (Lipinski definition) is 2. The van der Waals surface area contributed by atoms with Crippen LogP contribution in [0.25, 0.3) is 0 Å². The fourth-order valence-electron chi connectivity index (χ4n) is 3.52. The molecule has 0 radical (unpaired) electrons. The number of nitrogens with one attached hydrogen (secondary N) is 1. The Labute approximate surface area is 155 Å². The Hall–Kier alpha value is -2.14. The van der Waals surface area contributed by atoms with E-state index in [-0.39, 0.29) is 23.7 Å². The van der Waals surface area contributed by atoms with E-state index in [1.807, 2.05) is 48.2 Å². The minimum Gasteiger partial charge on any atom is -0.326 e. The molecule has 2 aromatic rings. The van der Waals surface area contributed by atoms with Gasteiger partial charge in [0.15, 0.2) is 0 Å². The highest BCUT2D eigenvalue weighted by Crippen LogP contribution is 2.43. The van der Waals surface area contributed by atoms with Crippen molar-refractivity contribution < 1.29 is 9.59 Å². The maximum absolute atomic E-state index is 12.8. The van der Waals surface area contributed by atoms with Crippen LogP contribution in [0.15, 0.2) is 46.9 Å². The molecule has 1 saturated carbocycles. The average Bonchev–Trinajstić information content (AvgIpc) is 3.29. The molecule has 5 heteroatoms. The van der Waals surface area contributed by atoms with E-state index in [0.29, 0.717) is 6.42 Å². The number of halogens is 1. The number of benzene rings is 2. The summed E-state index contributed by atoms with van der Waals surface area (Å²) in [6.45, 7) is 2.67. The second-order valence-electron chi connectivity index (χ2n) is 6.77. The Balaban J connectivity index is 1.42. The first kappa shape index (κ1) is 16.3. The van der Waals surface area contributed by atoms with E-state index >= 15 is 0 Å². The standard InChI is InChI=1S/C20H19BrN2O2/c1-12-10-14(21)6-7-17(12)22-19(24)15-11-16(15)20(25)23-9-8-13-4-2-3-5-18(13)23/h2-7,10,15-16H,8-9,11H2,1H3,(H,22,24). The molecule has 1 aliphatic carbocycles. The van der Waals surface area contributed by atoms with Gasteiger partial charge in [-0.05, 0) is 55.2 Å². The van der Waals surface area contributed by atoms with Gasteiger partial charge in [0, 0.05) is 22.4 Å². The second kappa shape index (κ2) is 6.30. The van der Waals surface area contributed by atoms with Crippen LogP contribution in [-0.4, -0.2) is 18.4 Å². The van der Waals surface area contributed by atoms with E-state index in [2.05, 4.69) is 27.3 Å². The summed E-state index contributed by atoms with van der Waals surface area (Å²) in [6.07, 6.45) is 1.53. The van der Waals surface area contributed by atoms with Crippen LogP contribution in [0.3, 0.4) is 0 Å². The van der Waals surface area contributed by atoms with Gasteiger partial charge in [-0.25, -0.2) is 0 Å². The lowest BCUT2D eigenvalue weighted by Crippen LogP contribution is -2.32. The number of aryl methyl sites for hydroxylation is 1. The molecule has 1 aliphatic heterocycles. The van der Waals surface area contributed by atoms with Crippen LogP contribution >= 0.6 is 15.9 Å². The molecule has 1 heterocycles. The van der Waals surface area contributed by atoms with Crippen molar-refractivity contribution in [2.45, 2.75) is 19.8 Å². The highest BCUT2D eigenvalue weighted by atomic mass is 79.9. The number of carbonyl (C=O) groups is 2. The van der Waals surface area contributed by atoms with E-state index in [1.165, 1.54) is 5.56 Å². The van der Waals surface area contributed by atoms with Crippen LogP contribution in [0.2, 0.25) is 0 Å². The predicted molar refractivity (Wildman–Crippen MR) is 102 cm³/mol. The summed E-state index contributed by atoms with van der Waals surface area (Å²) in [5, 5.41) is 2.96. The zero-order valence-electron chi connectivity index (χ0n) is 14.0. The minimum absolute atomic E-state index is 0.0590. The summed E-state index contributed by atoms with van der Waals surface area (Å²) in [4.78, 5) is 27.1. The topological polar surface area (TPSA) is 49.4 Å². The fourth-order valence-corrected chi connectivity index (χ4v) is 3.99. The van der Waals surface area contributed by atoms with Gasteiger partial charge in [-0.15, -0.1) is 0 Å². The first-order valence-electron chi connectivity index (χ1n) is 8.51. The number of fused-ring (bicyclic) bond motifs is 1. The van der Waals surface area contributed by atoms with E-state index in [9.17, 15) is 9.59 Å². The number of rotatable bonds is 3. The first-order valence-corrected chi connectivity index (χ1v) is 9.30. The molecule has 1 N–H and O–H groups in total. The van der Waals surface area contributed by atoms with Crippen molar-refractivity contribution in [3.63, 3.8) is 0 Å². The van der Waals surface area contributed by atoms with Gasteiger partial charge in [-0.2, -0.15) is 0 Å². The lowest BCUT2D eigenvalue weighted by atomic mass is 10.1. The Morgan fingerprint density at radius 2 is 1.96 bits per heavy atom. The Kier molecular flexibility index (Phi) is 4.12. The van der Waals surface area contributed by atoms with Gasteiger partial charge in [0.1, 0.15) is 0 Å². The van der Waals surface area contributed by atoms with Gasteiger partial charge in [-0.3, -0.25) is 9.59 Å². The third-order valence-corrected chi connectivity index (χ3v) is 5.54. The van der Waals surface area contributed by atoms with Crippen molar-refractivity contribution in [2.75, 3.05) is 16.8 Å². The Morgan fingerprint density at radius 3 is 2.76 bits per heavy atom. The smallest absolute Gasteiger partial charge is 0.230 e. The molecule has 0 bridgehead atoms. The average molecular weight is 399 g/mol.